The summed E-state index contributed by atoms with van der Waals surface area (Å²) in [5.74, 6) is -2.98. The molecule has 4 rings (SSSR count). The van der Waals surface area contributed by atoms with E-state index in [0.717, 1.165) is 39.3 Å². The molecule has 0 heterocycles. The topological polar surface area (TPSA) is 95.9 Å². The molecular weight excluding hydrogens is 439 g/mol. The summed E-state index contributed by atoms with van der Waals surface area (Å²) in [5.41, 5.74) is 4.15. The summed E-state index contributed by atoms with van der Waals surface area (Å²) in [5, 5.41) is 11.6. The van der Waals surface area contributed by atoms with Crippen molar-refractivity contribution in [3.05, 3.63) is 89.2 Å². The van der Waals surface area contributed by atoms with E-state index in [0.29, 0.717) is 0 Å². The van der Waals surface area contributed by atoms with Crippen LogP contribution in [0.3, 0.4) is 0 Å². The Labute approximate surface area is 195 Å². The van der Waals surface area contributed by atoms with Gasteiger partial charge in [0.05, 0.1) is 5.56 Å². The van der Waals surface area contributed by atoms with Crippen molar-refractivity contribution < 1.29 is 28.6 Å². The van der Waals surface area contributed by atoms with Gasteiger partial charge in [-0.2, -0.15) is 0 Å². The third-order valence-electron chi connectivity index (χ3n) is 6.05. The van der Waals surface area contributed by atoms with E-state index >= 15 is 0 Å². The minimum atomic E-state index is -1.22. The smallest absolute Gasteiger partial charge is 0.411 e. The van der Waals surface area contributed by atoms with Crippen LogP contribution >= 0.6 is 0 Å². The average Bonchev–Trinajstić information content (AvgIpc) is 3.16. The van der Waals surface area contributed by atoms with Gasteiger partial charge in [0.2, 0.25) is 0 Å². The van der Waals surface area contributed by atoms with Crippen molar-refractivity contribution in [3.8, 4) is 11.1 Å². The first-order chi connectivity index (χ1) is 16.3. The molecule has 0 saturated heterocycles. The van der Waals surface area contributed by atoms with Crippen LogP contribution in [0.25, 0.3) is 11.1 Å². The molecule has 1 aliphatic rings. The molecule has 2 amide bonds. The Morgan fingerprint density at radius 1 is 1.03 bits per heavy atom. The van der Waals surface area contributed by atoms with Crippen molar-refractivity contribution in [1.29, 1.82) is 0 Å². The molecule has 0 fully saturated rings. The maximum Gasteiger partial charge on any atom is 0.411 e. The predicted molar refractivity (Wildman–Crippen MR) is 124 cm³/mol. The van der Waals surface area contributed by atoms with E-state index in [1.165, 1.54) is 20.0 Å². The number of nitrogens with one attached hydrogen (secondary N) is 1. The molecule has 2 N–H and O–H groups in total. The Bertz CT molecular complexity index is 1230. The summed E-state index contributed by atoms with van der Waals surface area (Å²) in [6.45, 7) is 1.42. The van der Waals surface area contributed by atoms with Crippen LogP contribution in [0.4, 0.5) is 14.9 Å². The summed E-state index contributed by atoms with van der Waals surface area (Å²) >= 11 is 0. The summed E-state index contributed by atoms with van der Waals surface area (Å²) in [6, 6.07) is 18.2. The highest BCUT2D eigenvalue weighted by Gasteiger charge is 2.29. The van der Waals surface area contributed by atoms with Crippen molar-refractivity contribution in [2.24, 2.45) is 0 Å². The zero-order valence-electron chi connectivity index (χ0n) is 18.6. The van der Waals surface area contributed by atoms with Crippen LogP contribution in [-0.2, 0) is 9.53 Å². The summed E-state index contributed by atoms with van der Waals surface area (Å²) in [4.78, 5) is 37.1. The van der Waals surface area contributed by atoms with Gasteiger partial charge in [0.15, 0.2) is 0 Å². The Hall–Kier alpha value is -4.20. The van der Waals surface area contributed by atoms with Crippen molar-refractivity contribution >= 4 is 23.7 Å². The maximum absolute atomic E-state index is 14.3. The van der Waals surface area contributed by atoms with Crippen LogP contribution in [0.2, 0.25) is 0 Å². The number of carboxylic acid groups (broad SMARTS) is 1. The highest BCUT2D eigenvalue weighted by molar-refractivity contribution is 5.98. The van der Waals surface area contributed by atoms with E-state index in [9.17, 15) is 18.8 Å². The number of anilines is 1. The van der Waals surface area contributed by atoms with Gasteiger partial charge in [-0.15, -0.1) is 0 Å². The normalized spacial score (nSPS) is 12.9. The van der Waals surface area contributed by atoms with Crippen LogP contribution in [0.1, 0.15) is 34.3 Å². The van der Waals surface area contributed by atoms with Gasteiger partial charge in [0, 0.05) is 18.7 Å². The first-order valence-corrected chi connectivity index (χ1v) is 10.7. The Morgan fingerprint density at radius 2 is 1.62 bits per heavy atom. The molecule has 1 atom stereocenters. The minimum Gasteiger partial charge on any atom is -0.480 e. The number of hydrogen-bond donors (Lipinski definition) is 2. The standard InChI is InChI=1S/C26H23FN2O5/c1-15(25(31)32)29(2)24(30)21-13-16(11-12-23(21)27)28-26(33)34-14-22-19-9-5-3-7-17(19)18-8-4-6-10-20(18)22/h3-13,15,22H,14H2,1-2H3,(H,28,33)(H,31,32)/t15-/m0/s1. The molecular formula is C26H23FN2O5. The fourth-order valence-electron chi connectivity index (χ4n) is 4.05. The zero-order chi connectivity index (χ0) is 24.4. The average molecular weight is 462 g/mol. The molecule has 34 heavy (non-hydrogen) atoms. The molecule has 3 aromatic carbocycles. The van der Waals surface area contributed by atoms with Crippen molar-refractivity contribution in [1.82, 2.24) is 4.90 Å². The number of carbonyl (C=O) groups excluding carboxylic acids is 2. The summed E-state index contributed by atoms with van der Waals surface area (Å²) in [6.07, 6.45) is -0.751. The molecule has 7 nitrogen and oxygen atoms in total. The highest BCUT2D eigenvalue weighted by atomic mass is 19.1. The number of fused-ring (bicyclic) bond motifs is 3. The summed E-state index contributed by atoms with van der Waals surface area (Å²) < 4.78 is 19.8. The van der Waals surface area contributed by atoms with Gasteiger partial charge in [-0.3, -0.25) is 10.1 Å². The number of carbonyl (C=O) groups is 3. The fraction of sp³-hybridized carbons (Fsp3) is 0.192. The van der Waals surface area contributed by atoms with Crippen LogP contribution < -0.4 is 5.32 Å². The van der Waals surface area contributed by atoms with Crippen molar-refractivity contribution in [3.63, 3.8) is 0 Å². The number of amides is 2. The number of hydrogen-bond acceptors (Lipinski definition) is 4. The second kappa shape index (κ2) is 9.35. The monoisotopic (exact) mass is 462 g/mol. The maximum atomic E-state index is 14.3. The number of benzene rings is 3. The van der Waals surface area contributed by atoms with Crippen LogP contribution in [0.5, 0.6) is 0 Å². The van der Waals surface area contributed by atoms with Crippen molar-refractivity contribution in [2.75, 3.05) is 19.0 Å². The second-order valence-electron chi connectivity index (χ2n) is 8.08. The molecule has 0 unspecified atom stereocenters. The molecule has 0 aliphatic heterocycles. The van der Waals surface area contributed by atoms with E-state index < -0.39 is 29.8 Å². The SMILES string of the molecule is C[C@@H](C(=O)O)N(C)C(=O)c1cc(NC(=O)OCC2c3ccccc3-c3ccccc32)ccc1F. The molecule has 0 radical (unpaired) electrons. The quantitative estimate of drug-likeness (QED) is 0.552. The third-order valence-corrected chi connectivity index (χ3v) is 6.05. The molecule has 174 valence electrons. The van der Waals surface area contributed by atoms with Gasteiger partial charge in [0.1, 0.15) is 18.5 Å². The van der Waals surface area contributed by atoms with Crippen LogP contribution in [0, 0.1) is 5.82 Å². The van der Waals surface area contributed by atoms with E-state index in [1.54, 1.807) is 0 Å². The first-order valence-electron chi connectivity index (χ1n) is 10.7. The number of halogens is 1. The first kappa shape index (κ1) is 23.0. The molecule has 0 bridgehead atoms. The molecule has 0 saturated carbocycles. The lowest BCUT2D eigenvalue weighted by molar-refractivity contribution is -0.141. The fourth-order valence-corrected chi connectivity index (χ4v) is 4.05. The largest absolute Gasteiger partial charge is 0.480 e. The van der Waals surface area contributed by atoms with Gasteiger partial charge in [-0.05, 0) is 47.4 Å². The van der Waals surface area contributed by atoms with Crippen LogP contribution in [0.15, 0.2) is 66.7 Å². The molecule has 1 aliphatic carbocycles. The van der Waals surface area contributed by atoms with Gasteiger partial charge < -0.3 is 14.7 Å². The van der Waals surface area contributed by atoms with Gasteiger partial charge in [-0.1, -0.05) is 48.5 Å². The lowest BCUT2D eigenvalue weighted by Gasteiger charge is -2.22. The lowest BCUT2D eigenvalue weighted by atomic mass is 9.98. The van der Waals surface area contributed by atoms with Crippen molar-refractivity contribution in [2.45, 2.75) is 18.9 Å². The highest BCUT2D eigenvalue weighted by Crippen LogP contribution is 2.44. The number of nitrogens with zero attached hydrogens (tertiary/aromatic N) is 1. The predicted octanol–water partition coefficient (Wildman–Crippen LogP) is 4.73. The van der Waals surface area contributed by atoms with E-state index in [4.69, 9.17) is 9.84 Å². The Morgan fingerprint density at radius 3 is 2.21 bits per heavy atom. The van der Waals surface area contributed by atoms with Gasteiger partial charge in [-0.25, -0.2) is 14.0 Å². The lowest BCUT2D eigenvalue weighted by Crippen LogP contribution is -2.40. The second-order valence-corrected chi connectivity index (χ2v) is 8.08. The molecule has 3 aromatic rings. The Balaban J connectivity index is 1.46. The number of aliphatic carboxylic acids is 1. The summed E-state index contributed by atoms with van der Waals surface area (Å²) in [7, 11) is 1.27. The Kier molecular flexibility index (Phi) is 6.32. The number of likely N-dealkylation sites (N-methyl/N-ethyl adjacent to an activating group) is 1. The number of rotatable bonds is 6. The zero-order valence-corrected chi connectivity index (χ0v) is 18.6. The number of ether oxygens (including phenoxy) is 1. The van der Waals surface area contributed by atoms with Gasteiger partial charge >= 0.3 is 12.1 Å². The minimum absolute atomic E-state index is 0.103. The van der Waals surface area contributed by atoms with E-state index in [-0.39, 0.29) is 23.8 Å². The van der Waals surface area contributed by atoms with Crippen LogP contribution in [-0.4, -0.2) is 47.7 Å². The van der Waals surface area contributed by atoms with E-state index in [1.807, 2.05) is 48.5 Å². The number of carboxylic acids is 1. The third kappa shape index (κ3) is 4.34. The molecule has 0 spiro atoms. The molecule has 0 aromatic heterocycles. The van der Waals surface area contributed by atoms with E-state index in [2.05, 4.69) is 5.32 Å². The van der Waals surface area contributed by atoms with Gasteiger partial charge in [0.25, 0.3) is 5.91 Å². The molecule has 8 heteroatoms.